The first-order valence-electron chi connectivity index (χ1n) is 6.81. The number of nitrogens with one attached hydrogen (secondary N) is 2. The topological polar surface area (TPSA) is 67.4 Å². The molecule has 0 bridgehead atoms. The quantitative estimate of drug-likeness (QED) is 0.685. The molecule has 2 N–H and O–H groups in total. The highest BCUT2D eigenvalue weighted by Gasteiger charge is 2.12. The average molecular weight is 300 g/mol. The van der Waals surface area contributed by atoms with E-state index in [4.69, 9.17) is 4.74 Å². The van der Waals surface area contributed by atoms with Crippen LogP contribution in [0.3, 0.4) is 0 Å². The van der Waals surface area contributed by atoms with E-state index < -0.39 is 10.0 Å². The Kier molecular flexibility index (Phi) is 6.98. The van der Waals surface area contributed by atoms with E-state index in [1.807, 2.05) is 0 Å². The van der Waals surface area contributed by atoms with Crippen molar-refractivity contribution in [3.8, 4) is 0 Å². The minimum absolute atomic E-state index is 0.263. The van der Waals surface area contributed by atoms with Gasteiger partial charge in [0.25, 0.3) is 0 Å². The second kappa shape index (κ2) is 8.24. The van der Waals surface area contributed by atoms with E-state index in [0.29, 0.717) is 19.1 Å². The molecule has 6 heteroatoms. The zero-order valence-electron chi connectivity index (χ0n) is 12.3. The Morgan fingerprint density at radius 2 is 1.80 bits per heavy atom. The molecule has 0 saturated carbocycles. The van der Waals surface area contributed by atoms with E-state index in [0.717, 1.165) is 12.1 Å². The van der Waals surface area contributed by atoms with E-state index in [-0.39, 0.29) is 11.4 Å². The molecule has 0 amide bonds. The van der Waals surface area contributed by atoms with Crippen molar-refractivity contribution in [3.63, 3.8) is 0 Å². The van der Waals surface area contributed by atoms with Crippen molar-refractivity contribution >= 4 is 15.7 Å². The average Bonchev–Trinajstić information content (AvgIpc) is 2.42. The largest absolute Gasteiger partial charge is 0.388 e. The Bertz CT molecular complexity index is 484. The van der Waals surface area contributed by atoms with Crippen LogP contribution in [0, 0.1) is 5.92 Å². The smallest absolute Gasteiger partial charge is 0.240 e. The molecule has 0 radical (unpaired) electrons. The predicted octanol–water partition coefficient (Wildman–Crippen LogP) is 2.07. The normalized spacial score (nSPS) is 11.8. The maximum atomic E-state index is 12.0. The zero-order chi connectivity index (χ0) is 15.0. The minimum Gasteiger partial charge on any atom is -0.388 e. The fraction of sp³-hybridized carbons (Fsp3) is 0.571. The van der Waals surface area contributed by atoms with Gasteiger partial charge in [0.05, 0.1) is 11.5 Å². The van der Waals surface area contributed by atoms with E-state index in [1.165, 1.54) is 0 Å². The first-order valence-corrected chi connectivity index (χ1v) is 8.29. The van der Waals surface area contributed by atoms with Gasteiger partial charge >= 0.3 is 0 Å². The lowest BCUT2D eigenvalue weighted by Crippen LogP contribution is -2.27. The molecule has 0 saturated heterocycles. The van der Waals surface area contributed by atoms with Crippen molar-refractivity contribution in [2.75, 3.05) is 32.1 Å². The van der Waals surface area contributed by atoms with E-state index in [9.17, 15) is 8.42 Å². The summed E-state index contributed by atoms with van der Waals surface area (Å²) in [5, 5.41) is 2.95. The van der Waals surface area contributed by atoms with Gasteiger partial charge in [0.2, 0.25) is 10.0 Å². The Morgan fingerprint density at radius 3 is 2.35 bits per heavy atom. The molecular weight excluding hydrogens is 276 g/mol. The molecule has 1 rings (SSSR count). The second-order valence-electron chi connectivity index (χ2n) is 4.97. The van der Waals surface area contributed by atoms with Crippen molar-refractivity contribution in [2.24, 2.45) is 5.92 Å². The lowest BCUT2D eigenvalue weighted by molar-refractivity contribution is 0.128. The van der Waals surface area contributed by atoms with Gasteiger partial charge in [-0.25, -0.2) is 13.1 Å². The summed E-state index contributed by atoms with van der Waals surface area (Å²) in [6, 6.07) is 6.61. The van der Waals surface area contributed by atoms with Crippen molar-refractivity contribution in [1.82, 2.24) is 4.72 Å². The summed E-state index contributed by atoms with van der Waals surface area (Å²) >= 11 is 0. The third-order valence-corrected chi connectivity index (χ3v) is 4.31. The van der Waals surface area contributed by atoms with Gasteiger partial charge in [-0.1, -0.05) is 13.8 Å². The monoisotopic (exact) mass is 300 g/mol. The van der Waals surface area contributed by atoms with Crippen LogP contribution in [0.25, 0.3) is 0 Å². The Balaban J connectivity index is 2.37. The molecule has 1 aromatic rings. The Morgan fingerprint density at radius 1 is 1.15 bits per heavy atom. The van der Waals surface area contributed by atoms with Gasteiger partial charge in [0, 0.05) is 25.9 Å². The fourth-order valence-electron chi connectivity index (χ4n) is 1.55. The molecule has 0 aliphatic carbocycles. The third-order valence-electron chi connectivity index (χ3n) is 2.83. The molecule has 0 unspecified atom stereocenters. The summed E-state index contributed by atoms with van der Waals surface area (Å²) in [7, 11) is -1.66. The van der Waals surface area contributed by atoms with E-state index in [1.54, 1.807) is 31.3 Å². The fourth-order valence-corrected chi connectivity index (χ4v) is 2.57. The van der Waals surface area contributed by atoms with Crippen LogP contribution in [0.1, 0.15) is 20.3 Å². The summed E-state index contributed by atoms with van der Waals surface area (Å²) in [6.45, 7) is 5.59. The van der Waals surface area contributed by atoms with Gasteiger partial charge in [-0.05, 0) is 36.6 Å². The first-order chi connectivity index (χ1) is 9.45. The van der Waals surface area contributed by atoms with Crippen LogP contribution in [0.5, 0.6) is 0 Å². The maximum absolute atomic E-state index is 12.0. The number of ether oxygens (including phenoxy) is 1. The lowest BCUT2D eigenvalue weighted by Gasteiger charge is -2.09. The van der Waals surface area contributed by atoms with Gasteiger partial charge in [0.1, 0.15) is 0 Å². The van der Waals surface area contributed by atoms with Crippen LogP contribution < -0.4 is 10.0 Å². The highest BCUT2D eigenvalue weighted by molar-refractivity contribution is 7.89. The van der Waals surface area contributed by atoms with E-state index >= 15 is 0 Å². The zero-order valence-corrected chi connectivity index (χ0v) is 13.2. The summed E-state index contributed by atoms with van der Waals surface area (Å²) in [6.07, 6.45) is 0.984. The lowest BCUT2D eigenvalue weighted by atomic mass is 10.1. The number of rotatable bonds is 9. The van der Waals surface area contributed by atoms with Crippen LogP contribution in [0.2, 0.25) is 0 Å². The molecule has 20 heavy (non-hydrogen) atoms. The third kappa shape index (κ3) is 5.90. The minimum atomic E-state index is -3.45. The highest BCUT2D eigenvalue weighted by Crippen LogP contribution is 2.13. The summed E-state index contributed by atoms with van der Waals surface area (Å²) in [4.78, 5) is 0.263. The van der Waals surface area contributed by atoms with Crippen molar-refractivity contribution in [2.45, 2.75) is 25.2 Å². The first kappa shape index (κ1) is 16.9. The highest BCUT2D eigenvalue weighted by atomic mass is 32.2. The maximum Gasteiger partial charge on any atom is 0.240 e. The van der Waals surface area contributed by atoms with Gasteiger partial charge in [-0.15, -0.1) is 0 Å². The molecule has 5 nitrogen and oxygen atoms in total. The number of hydrogen-bond donors (Lipinski definition) is 2. The summed E-state index contributed by atoms with van der Waals surface area (Å²) in [5.74, 6) is 0.595. The van der Waals surface area contributed by atoms with Crippen LogP contribution in [0.4, 0.5) is 5.69 Å². The van der Waals surface area contributed by atoms with Gasteiger partial charge in [0.15, 0.2) is 0 Å². The standard InChI is InChI=1S/C14H24N2O3S/c1-12(2)8-10-19-11-9-16-20(17,18)14-6-4-13(15-3)5-7-14/h4-7,12,15-16H,8-11H2,1-3H3. The van der Waals surface area contributed by atoms with Crippen molar-refractivity contribution in [1.29, 1.82) is 0 Å². The van der Waals surface area contributed by atoms with Crippen LogP contribution in [-0.4, -0.2) is 35.2 Å². The molecule has 114 valence electrons. The second-order valence-corrected chi connectivity index (χ2v) is 6.73. The van der Waals surface area contributed by atoms with Crippen LogP contribution in [0.15, 0.2) is 29.2 Å². The summed E-state index contributed by atoms with van der Waals surface area (Å²) in [5.41, 5.74) is 0.876. The molecule has 1 aromatic carbocycles. The Hall–Kier alpha value is -1.11. The molecule has 0 aliphatic rings. The van der Waals surface area contributed by atoms with Crippen LogP contribution >= 0.6 is 0 Å². The predicted molar refractivity (Wildman–Crippen MR) is 81.5 cm³/mol. The summed E-state index contributed by atoms with van der Waals surface area (Å²) < 4.78 is 31.9. The molecule has 0 atom stereocenters. The molecule has 0 heterocycles. The Labute approximate surface area is 121 Å². The van der Waals surface area contributed by atoms with Crippen molar-refractivity contribution < 1.29 is 13.2 Å². The number of sulfonamides is 1. The molecule has 0 aliphatic heterocycles. The SMILES string of the molecule is CNc1ccc(S(=O)(=O)NCCOCCC(C)C)cc1. The number of anilines is 1. The van der Waals surface area contributed by atoms with Crippen molar-refractivity contribution in [3.05, 3.63) is 24.3 Å². The van der Waals surface area contributed by atoms with Crippen LogP contribution in [-0.2, 0) is 14.8 Å². The molecule has 0 aromatic heterocycles. The van der Waals surface area contributed by atoms with E-state index in [2.05, 4.69) is 23.9 Å². The van der Waals surface area contributed by atoms with Gasteiger partial charge in [-0.2, -0.15) is 0 Å². The number of hydrogen-bond acceptors (Lipinski definition) is 4. The van der Waals surface area contributed by atoms with Gasteiger partial charge < -0.3 is 10.1 Å². The van der Waals surface area contributed by atoms with Gasteiger partial charge in [-0.3, -0.25) is 0 Å². The molecular formula is C14H24N2O3S. The number of benzene rings is 1. The molecule has 0 spiro atoms. The molecule has 0 fully saturated rings.